The maximum atomic E-state index is 13.1. The van der Waals surface area contributed by atoms with Crippen LogP contribution in [0.1, 0.15) is 28.8 Å². The summed E-state index contributed by atoms with van der Waals surface area (Å²) >= 11 is 0. The first-order chi connectivity index (χ1) is 13.3. The molecular formula is C20H31NO7. The molecule has 0 spiro atoms. The minimum absolute atomic E-state index is 0.0638. The van der Waals surface area contributed by atoms with Gasteiger partial charge in [-0.3, -0.25) is 4.79 Å². The number of rotatable bonds is 2. The fraction of sp³-hybridized carbons (Fsp3) is 0.650. The predicted molar refractivity (Wildman–Crippen MR) is 102 cm³/mol. The van der Waals surface area contributed by atoms with Gasteiger partial charge < -0.3 is 34.8 Å². The summed E-state index contributed by atoms with van der Waals surface area (Å²) in [5.41, 5.74) is 1.23. The molecule has 1 amide bonds. The van der Waals surface area contributed by atoms with E-state index in [1.807, 2.05) is 19.1 Å². The Morgan fingerprint density at radius 3 is 2.50 bits per heavy atom. The Balaban J connectivity index is 2.30. The molecule has 2 rings (SSSR count). The third-order valence-electron chi connectivity index (χ3n) is 5.07. The van der Waals surface area contributed by atoms with Gasteiger partial charge in [0.05, 0.1) is 18.8 Å². The van der Waals surface area contributed by atoms with E-state index in [4.69, 9.17) is 9.47 Å². The van der Waals surface area contributed by atoms with Crippen LogP contribution in [0.5, 0.6) is 0 Å². The number of nitrogens with zero attached hydrogens (tertiary/aromatic N) is 1. The number of carbonyl (C=O) groups is 1. The highest BCUT2D eigenvalue weighted by Crippen LogP contribution is 2.16. The van der Waals surface area contributed by atoms with Crippen LogP contribution in [0, 0.1) is 6.92 Å². The first-order valence-electron chi connectivity index (χ1n) is 9.52. The largest absolute Gasteiger partial charge is 0.390 e. The van der Waals surface area contributed by atoms with E-state index in [2.05, 4.69) is 0 Å². The van der Waals surface area contributed by atoms with E-state index < -0.39 is 30.5 Å². The van der Waals surface area contributed by atoms with Gasteiger partial charge in [0.2, 0.25) is 0 Å². The highest BCUT2D eigenvalue weighted by Gasteiger charge is 2.32. The smallest absolute Gasteiger partial charge is 0.254 e. The Kier molecular flexibility index (Phi) is 8.81. The zero-order chi connectivity index (χ0) is 20.7. The molecule has 1 heterocycles. The maximum Gasteiger partial charge on any atom is 0.254 e. The second-order valence-electron chi connectivity index (χ2n) is 7.21. The Hall–Kier alpha value is -1.55. The lowest BCUT2D eigenvalue weighted by Crippen LogP contribution is -2.51. The summed E-state index contributed by atoms with van der Waals surface area (Å²) in [4.78, 5) is 14.5. The van der Waals surface area contributed by atoms with Crippen molar-refractivity contribution in [2.45, 2.75) is 50.3 Å². The Labute approximate surface area is 165 Å². The van der Waals surface area contributed by atoms with Gasteiger partial charge in [-0.2, -0.15) is 0 Å². The zero-order valence-electron chi connectivity index (χ0n) is 16.4. The van der Waals surface area contributed by atoms with Gasteiger partial charge in [-0.1, -0.05) is 18.2 Å². The van der Waals surface area contributed by atoms with Crippen molar-refractivity contribution in [2.24, 2.45) is 0 Å². The quantitative estimate of drug-likeness (QED) is 0.541. The van der Waals surface area contributed by atoms with E-state index in [-0.39, 0.29) is 32.2 Å². The van der Waals surface area contributed by atoms with E-state index in [9.17, 15) is 25.2 Å². The number of hydrogen-bond acceptors (Lipinski definition) is 7. The highest BCUT2D eigenvalue weighted by atomic mass is 16.5. The fourth-order valence-corrected chi connectivity index (χ4v) is 3.25. The normalized spacial score (nSPS) is 30.8. The van der Waals surface area contributed by atoms with E-state index in [0.29, 0.717) is 18.4 Å². The SMILES string of the molecule is CO[C@@H]1CN(C(=O)c2ccccc2C)C[C@@H](O)[C@H](O)CCCOC[C@@H](O)[C@H]1O. The summed E-state index contributed by atoms with van der Waals surface area (Å²) in [6.45, 7) is 1.80. The molecule has 4 N–H and O–H groups in total. The van der Waals surface area contributed by atoms with Gasteiger partial charge in [-0.05, 0) is 31.4 Å². The standard InChI is InChI=1S/C20H31NO7/c1-13-6-3-4-7-14(13)20(26)21-10-16(23)15(22)8-5-9-28-12-17(24)19(25)18(11-21)27-2/h3-4,6-7,15-19,22-25H,5,8-12H2,1-2H3/t15-,16-,17-,18-,19-/m1/s1. The lowest BCUT2D eigenvalue weighted by molar-refractivity contribution is -0.105. The number of aliphatic hydroxyl groups excluding tert-OH is 4. The average Bonchev–Trinajstić information content (AvgIpc) is 2.69. The van der Waals surface area contributed by atoms with Crippen molar-refractivity contribution in [1.29, 1.82) is 0 Å². The molecule has 0 aliphatic carbocycles. The Morgan fingerprint density at radius 1 is 1.11 bits per heavy atom. The molecule has 1 aliphatic heterocycles. The molecule has 8 heteroatoms. The number of aryl methyl sites for hydroxylation is 1. The van der Waals surface area contributed by atoms with Crippen molar-refractivity contribution in [3.63, 3.8) is 0 Å². The highest BCUT2D eigenvalue weighted by molar-refractivity contribution is 5.95. The van der Waals surface area contributed by atoms with E-state index in [1.165, 1.54) is 12.0 Å². The molecule has 0 bridgehead atoms. The van der Waals surface area contributed by atoms with E-state index >= 15 is 0 Å². The topological polar surface area (TPSA) is 120 Å². The van der Waals surface area contributed by atoms with Crippen molar-refractivity contribution in [1.82, 2.24) is 4.90 Å². The lowest BCUT2D eigenvalue weighted by atomic mass is 10.0. The van der Waals surface area contributed by atoms with Crippen LogP contribution in [-0.4, -0.2) is 95.2 Å². The second kappa shape index (κ2) is 10.8. The van der Waals surface area contributed by atoms with Gasteiger partial charge in [-0.25, -0.2) is 0 Å². The van der Waals surface area contributed by atoms with Crippen LogP contribution >= 0.6 is 0 Å². The predicted octanol–water partition coefficient (Wildman–Crippen LogP) is -0.294. The summed E-state index contributed by atoms with van der Waals surface area (Å²) in [6, 6.07) is 7.06. The molecule has 1 aromatic carbocycles. The van der Waals surface area contributed by atoms with Crippen LogP contribution in [-0.2, 0) is 9.47 Å². The number of β-amino-alcohol motifs (C(OH)–C–C–N with tert-alkyl or cyclic N) is 1. The number of methoxy groups -OCH3 is 1. The summed E-state index contributed by atoms with van der Waals surface area (Å²) in [5, 5.41) is 41.2. The average molecular weight is 397 g/mol. The summed E-state index contributed by atoms with van der Waals surface area (Å²) in [6.07, 6.45) is -4.77. The second-order valence-corrected chi connectivity index (χ2v) is 7.21. The first-order valence-corrected chi connectivity index (χ1v) is 9.52. The lowest BCUT2D eigenvalue weighted by Gasteiger charge is -2.33. The summed E-state index contributed by atoms with van der Waals surface area (Å²) in [5.74, 6) is -0.348. The van der Waals surface area contributed by atoms with Crippen molar-refractivity contribution in [3.8, 4) is 0 Å². The number of ether oxygens (including phenoxy) is 2. The van der Waals surface area contributed by atoms with Gasteiger partial charge in [-0.15, -0.1) is 0 Å². The van der Waals surface area contributed by atoms with Crippen LogP contribution in [0.3, 0.4) is 0 Å². The third-order valence-corrected chi connectivity index (χ3v) is 5.07. The molecule has 28 heavy (non-hydrogen) atoms. The Morgan fingerprint density at radius 2 is 1.82 bits per heavy atom. The maximum absolute atomic E-state index is 13.1. The molecule has 8 nitrogen and oxygen atoms in total. The van der Waals surface area contributed by atoms with Gasteiger partial charge in [0, 0.05) is 32.4 Å². The van der Waals surface area contributed by atoms with Crippen LogP contribution in [0.15, 0.2) is 24.3 Å². The van der Waals surface area contributed by atoms with Crippen LogP contribution in [0.4, 0.5) is 0 Å². The molecular weight excluding hydrogens is 366 g/mol. The number of benzene rings is 1. The van der Waals surface area contributed by atoms with Crippen molar-refractivity contribution in [2.75, 3.05) is 33.4 Å². The monoisotopic (exact) mass is 397 g/mol. The summed E-state index contributed by atoms with van der Waals surface area (Å²) < 4.78 is 10.6. The number of carbonyl (C=O) groups excluding carboxylic acids is 1. The van der Waals surface area contributed by atoms with Crippen LogP contribution in [0.2, 0.25) is 0 Å². The molecule has 0 radical (unpaired) electrons. The van der Waals surface area contributed by atoms with Crippen molar-refractivity contribution >= 4 is 5.91 Å². The van der Waals surface area contributed by atoms with Gasteiger partial charge in [0.15, 0.2) is 0 Å². The van der Waals surface area contributed by atoms with E-state index in [0.717, 1.165) is 5.56 Å². The number of aliphatic hydroxyl groups is 4. The molecule has 1 aliphatic rings. The Bertz CT molecular complexity index is 626. The number of amides is 1. The molecule has 158 valence electrons. The van der Waals surface area contributed by atoms with Gasteiger partial charge in [0.25, 0.3) is 5.91 Å². The van der Waals surface area contributed by atoms with E-state index in [1.54, 1.807) is 12.1 Å². The van der Waals surface area contributed by atoms with Crippen molar-refractivity contribution in [3.05, 3.63) is 35.4 Å². The molecule has 0 aromatic heterocycles. The molecule has 1 aromatic rings. The third kappa shape index (κ3) is 5.97. The molecule has 0 unspecified atom stereocenters. The fourth-order valence-electron chi connectivity index (χ4n) is 3.25. The minimum Gasteiger partial charge on any atom is -0.390 e. The molecule has 5 atom stereocenters. The van der Waals surface area contributed by atoms with Crippen LogP contribution in [0.25, 0.3) is 0 Å². The minimum atomic E-state index is -1.28. The molecule has 0 saturated carbocycles. The van der Waals surface area contributed by atoms with Crippen LogP contribution < -0.4 is 0 Å². The number of hydrogen-bond donors (Lipinski definition) is 4. The van der Waals surface area contributed by atoms with Gasteiger partial charge >= 0.3 is 0 Å². The van der Waals surface area contributed by atoms with Gasteiger partial charge in [0.1, 0.15) is 18.3 Å². The first kappa shape index (κ1) is 22.7. The zero-order valence-corrected chi connectivity index (χ0v) is 16.4. The molecule has 1 saturated heterocycles. The van der Waals surface area contributed by atoms with Crippen molar-refractivity contribution < 1.29 is 34.7 Å². The molecule has 1 fully saturated rings. The summed E-state index contributed by atoms with van der Waals surface area (Å²) in [7, 11) is 1.38.